The summed E-state index contributed by atoms with van der Waals surface area (Å²) in [6.45, 7) is 2.53. The number of furan rings is 1. The fraction of sp³-hybridized carbons (Fsp3) is 0.208. The van der Waals surface area contributed by atoms with Crippen molar-refractivity contribution in [2.45, 2.75) is 13.0 Å². The first-order valence-electron chi connectivity index (χ1n) is 9.99. The Hall–Kier alpha value is -3.22. The summed E-state index contributed by atoms with van der Waals surface area (Å²) in [5.41, 5.74) is 1.95. The maximum atomic E-state index is 5.97. The number of hydrogen-bond donors (Lipinski definition) is 2. The Morgan fingerprint density at radius 1 is 0.935 bits per heavy atom. The molecule has 4 rings (SSSR count). The minimum atomic E-state index is 0. The zero-order valence-electron chi connectivity index (χ0n) is 17.3. The Labute approximate surface area is 188 Å². The Morgan fingerprint density at radius 2 is 1.81 bits per heavy atom. The molecule has 2 heterocycles. The molecule has 2 aromatic heterocycles. The summed E-state index contributed by atoms with van der Waals surface area (Å²) in [4.78, 5) is 4.50. The molecule has 0 aliphatic rings. The smallest absolute Gasteiger partial charge is 0.131 e. The summed E-state index contributed by atoms with van der Waals surface area (Å²) in [5.74, 6) is 3.18. The van der Waals surface area contributed by atoms with Gasteiger partial charge in [-0.25, -0.2) is 0 Å². The molecule has 4 aromatic rings. The van der Waals surface area contributed by atoms with Gasteiger partial charge in [0.15, 0.2) is 0 Å². The fourth-order valence-corrected chi connectivity index (χ4v) is 3.21. The van der Waals surface area contributed by atoms with E-state index in [0.717, 1.165) is 65.7 Å². The van der Waals surface area contributed by atoms with Gasteiger partial charge in [-0.05, 0) is 55.4 Å². The van der Waals surface area contributed by atoms with E-state index >= 15 is 0 Å². The summed E-state index contributed by atoms with van der Waals surface area (Å²) in [6.07, 6.45) is 4.51. The normalized spacial score (nSPS) is 10.5. The van der Waals surface area contributed by atoms with E-state index in [2.05, 4.69) is 15.6 Å². The highest BCUT2D eigenvalue weighted by molar-refractivity contribution is 5.91. The number of anilines is 1. The SMILES string of the molecule is COc1cccc(Oc2ccc3c(NCCCNCc4ccco4)ccnc3c2)c1.Cl. The molecule has 0 unspecified atom stereocenters. The second-order valence-corrected chi connectivity index (χ2v) is 6.85. The van der Waals surface area contributed by atoms with Gasteiger partial charge in [-0.2, -0.15) is 0 Å². The summed E-state index contributed by atoms with van der Waals surface area (Å²) < 4.78 is 16.5. The van der Waals surface area contributed by atoms with Crippen molar-refractivity contribution >= 4 is 29.0 Å². The van der Waals surface area contributed by atoms with Gasteiger partial charge in [0.25, 0.3) is 0 Å². The monoisotopic (exact) mass is 439 g/mol. The van der Waals surface area contributed by atoms with E-state index in [1.165, 1.54) is 0 Å². The van der Waals surface area contributed by atoms with E-state index in [1.807, 2.05) is 66.9 Å². The largest absolute Gasteiger partial charge is 0.497 e. The van der Waals surface area contributed by atoms with Crippen LogP contribution in [0.15, 0.2) is 77.5 Å². The summed E-state index contributed by atoms with van der Waals surface area (Å²) in [7, 11) is 1.64. The van der Waals surface area contributed by atoms with Gasteiger partial charge in [-0.1, -0.05) is 6.07 Å². The number of ether oxygens (including phenoxy) is 2. The third-order valence-corrected chi connectivity index (χ3v) is 4.72. The van der Waals surface area contributed by atoms with Crippen molar-refractivity contribution in [1.29, 1.82) is 0 Å². The van der Waals surface area contributed by atoms with Crippen LogP contribution in [0.2, 0.25) is 0 Å². The van der Waals surface area contributed by atoms with E-state index in [-0.39, 0.29) is 12.4 Å². The van der Waals surface area contributed by atoms with Crippen LogP contribution in [0.5, 0.6) is 17.2 Å². The molecule has 0 aliphatic heterocycles. The van der Waals surface area contributed by atoms with Crippen molar-refractivity contribution in [1.82, 2.24) is 10.3 Å². The molecule has 0 saturated heterocycles. The molecule has 0 aliphatic carbocycles. The van der Waals surface area contributed by atoms with Crippen LogP contribution in [-0.2, 0) is 6.54 Å². The Bertz CT molecular complexity index is 1090. The molecule has 0 saturated carbocycles. The van der Waals surface area contributed by atoms with Crippen molar-refractivity contribution in [3.63, 3.8) is 0 Å². The molecule has 6 nitrogen and oxygen atoms in total. The molecule has 0 atom stereocenters. The van der Waals surface area contributed by atoms with E-state index in [1.54, 1.807) is 13.4 Å². The standard InChI is InChI=1S/C24H25N3O3.ClH/c1-28-18-5-2-6-19(15-18)30-20-8-9-22-23(10-13-27-24(22)16-20)26-12-4-11-25-17-21-7-3-14-29-21;/h2-3,5-10,13-16,25H,4,11-12,17H2,1H3,(H,26,27);1H. The van der Waals surface area contributed by atoms with Crippen LogP contribution in [0, 0.1) is 0 Å². The predicted molar refractivity (Wildman–Crippen MR) is 126 cm³/mol. The third-order valence-electron chi connectivity index (χ3n) is 4.72. The van der Waals surface area contributed by atoms with Gasteiger partial charge >= 0.3 is 0 Å². The minimum absolute atomic E-state index is 0. The molecule has 0 fully saturated rings. The van der Waals surface area contributed by atoms with Gasteiger partial charge < -0.3 is 24.5 Å². The quantitative estimate of drug-likeness (QED) is 0.311. The number of fused-ring (bicyclic) bond motifs is 1. The van der Waals surface area contributed by atoms with Crippen LogP contribution >= 0.6 is 12.4 Å². The van der Waals surface area contributed by atoms with Gasteiger partial charge in [0.2, 0.25) is 0 Å². The molecule has 2 N–H and O–H groups in total. The molecule has 0 radical (unpaired) electrons. The second-order valence-electron chi connectivity index (χ2n) is 6.85. The average Bonchev–Trinajstić information content (AvgIpc) is 3.30. The fourth-order valence-electron chi connectivity index (χ4n) is 3.21. The first kappa shape index (κ1) is 22.5. The number of nitrogens with one attached hydrogen (secondary N) is 2. The number of hydrogen-bond acceptors (Lipinski definition) is 6. The highest BCUT2D eigenvalue weighted by Gasteiger charge is 2.05. The molecular formula is C24H26ClN3O3. The lowest BCUT2D eigenvalue weighted by molar-refractivity contribution is 0.409. The van der Waals surface area contributed by atoms with Crippen LogP contribution in [0.25, 0.3) is 10.9 Å². The van der Waals surface area contributed by atoms with Crippen LogP contribution in [0.1, 0.15) is 12.2 Å². The number of benzene rings is 2. The highest BCUT2D eigenvalue weighted by Crippen LogP contribution is 2.29. The average molecular weight is 440 g/mol. The van der Waals surface area contributed by atoms with Crippen molar-refractivity contribution in [2.24, 2.45) is 0 Å². The lowest BCUT2D eigenvalue weighted by Crippen LogP contribution is -2.17. The Balaban J connectivity index is 0.00000272. The van der Waals surface area contributed by atoms with Gasteiger partial charge in [-0.3, -0.25) is 4.98 Å². The summed E-state index contributed by atoms with van der Waals surface area (Å²) >= 11 is 0. The zero-order valence-corrected chi connectivity index (χ0v) is 18.2. The number of halogens is 1. The summed E-state index contributed by atoms with van der Waals surface area (Å²) in [6, 6.07) is 19.4. The lowest BCUT2D eigenvalue weighted by Gasteiger charge is -2.11. The molecule has 2 aromatic carbocycles. The van der Waals surface area contributed by atoms with Crippen molar-refractivity contribution in [2.75, 3.05) is 25.5 Å². The van der Waals surface area contributed by atoms with Gasteiger partial charge in [0.05, 0.1) is 25.4 Å². The molecule has 7 heteroatoms. The van der Waals surface area contributed by atoms with Crippen molar-refractivity contribution in [3.05, 3.63) is 78.9 Å². The number of nitrogens with zero attached hydrogens (tertiary/aromatic N) is 1. The van der Waals surface area contributed by atoms with Crippen LogP contribution in [0.4, 0.5) is 5.69 Å². The van der Waals surface area contributed by atoms with Crippen molar-refractivity contribution < 1.29 is 13.9 Å². The van der Waals surface area contributed by atoms with Gasteiger partial charge in [0, 0.05) is 35.9 Å². The molecule has 0 amide bonds. The number of aromatic nitrogens is 1. The molecule has 0 spiro atoms. The van der Waals surface area contributed by atoms with Crippen LogP contribution in [0.3, 0.4) is 0 Å². The lowest BCUT2D eigenvalue weighted by atomic mass is 10.1. The van der Waals surface area contributed by atoms with Crippen LogP contribution < -0.4 is 20.1 Å². The molecule has 0 bridgehead atoms. The highest BCUT2D eigenvalue weighted by atomic mass is 35.5. The van der Waals surface area contributed by atoms with E-state index in [0.29, 0.717) is 0 Å². The second kappa shape index (κ2) is 11.2. The third kappa shape index (κ3) is 6.13. The van der Waals surface area contributed by atoms with Gasteiger partial charge in [0.1, 0.15) is 23.0 Å². The predicted octanol–water partition coefficient (Wildman–Crippen LogP) is 5.64. The number of pyridine rings is 1. The van der Waals surface area contributed by atoms with E-state index < -0.39 is 0 Å². The van der Waals surface area contributed by atoms with E-state index in [4.69, 9.17) is 13.9 Å². The first-order chi connectivity index (χ1) is 14.8. The first-order valence-corrected chi connectivity index (χ1v) is 9.99. The Kier molecular flexibility index (Phi) is 8.15. The number of rotatable bonds is 10. The summed E-state index contributed by atoms with van der Waals surface area (Å²) in [5, 5.41) is 7.95. The minimum Gasteiger partial charge on any atom is -0.497 e. The zero-order chi connectivity index (χ0) is 20.6. The maximum Gasteiger partial charge on any atom is 0.131 e. The van der Waals surface area contributed by atoms with Gasteiger partial charge in [-0.15, -0.1) is 12.4 Å². The van der Waals surface area contributed by atoms with E-state index in [9.17, 15) is 0 Å². The van der Waals surface area contributed by atoms with Crippen molar-refractivity contribution in [3.8, 4) is 17.2 Å². The Morgan fingerprint density at radius 3 is 2.65 bits per heavy atom. The topological polar surface area (TPSA) is 68.6 Å². The molecule has 162 valence electrons. The number of methoxy groups -OCH3 is 1. The maximum absolute atomic E-state index is 5.97. The molecule has 31 heavy (non-hydrogen) atoms. The molecular weight excluding hydrogens is 414 g/mol. The van der Waals surface area contributed by atoms with Crippen LogP contribution in [-0.4, -0.2) is 25.2 Å².